The lowest BCUT2D eigenvalue weighted by atomic mass is 10.1. The fraction of sp³-hybridized carbons (Fsp3) is 0.208. The summed E-state index contributed by atoms with van der Waals surface area (Å²) in [6, 6.07) is 11.9. The van der Waals surface area contributed by atoms with Gasteiger partial charge in [-0.2, -0.15) is 0 Å². The molecule has 1 fully saturated rings. The topological polar surface area (TPSA) is 88.6 Å². The van der Waals surface area contributed by atoms with Crippen molar-refractivity contribution in [3.8, 4) is 17.0 Å². The van der Waals surface area contributed by atoms with Crippen molar-refractivity contribution in [2.24, 2.45) is 0 Å². The molecule has 2 aromatic carbocycles. The van der Waals surface area contributed by atoms with Gasteiger partial charge in [0.2, 0.25) is 11.9 Å². The molecule has 0 aliphatic carbocycles. The van der Waals surface area contributed by atoms with Gasteiger partial charge in [0, 0.05) is 30.5 Å². The zero-order valence-electron chi connectivity index (χ0n) is 18.2. The van der Waals surface area contributed by atoms with Gasteiger partial charge in [-0.1, -0.05) is 6.58 Å². The molecule has 2 heterocycles. The second kappa shape index (κ2) is 10.1. The quantitative estimate of drug-likeness (QED) is 0.527. The van der Waals surface area contributed by atoms with Crippen LogP contribution in [0.4, 0.5) is 27.4 Å². The largest absolute Gasteiger partial charge is 0.495 e. The second-order valence-corrected chi connectivity index (χ2v) is 7.26. The van der Waals surface area contributed by atoms with Crippen LogP contribution in [0, 0.1) is 5.82 Å². The standard InChI is InChI=1S/C24H24FN5O3/c1-3-23(31)28-20-14-16(4-6-18(20)25)19-8-9-26-24(29-19)27-17-5-7-22(32-2)21(15-17)30-10-12-33-13-11-30/h3-9,14-15H,1,10-13H2,2H3,(H,28,31)(H,26,27,29). The van der Waals surface area contributed by atoms with Gasteiger partial charge < -0.3 is 25.0 Å². The molecule has 170 valence electrons. The van der Waals surface area contributed by atoms with Crippen molar-refractivity contribution < 1.29 is 18.7 Å². The van der Waals surface area contributed by atoms with Crippen molar-refractivity contribution in [3.63, 3.8) is 0 Å². The molecule has 1 aliphatic heterocycles. The molecule has 0 bridgehead atoms. The Morgan fingerprint density at radius 1 is 1.21 bits per heavy atom. The number of ether oxygens (including phenoxy) is 2. The Morgan fingerprint density at radius 2 is 2.03 bits per heavy atom. The molecule has 1 amide bonds. The predicted octanol–water partition coefficient (Wildman–Crippen LogP) is 4.00. The van der Waals surface area contributed by atoms with E-state index >= 15 is 0 Å². The first kappa shape index (κ1) is 22.2. The van der Waals surface area contributed by atoms with Gasteiger partial charge in [0.15, 0.2) is 0 Å². The summed E-state index contributed by atoms with van der Waals surface area (Å²) < 4.78 is 25.1. The van der Waals surface area contributed by atoms with E-state index in [0.717, 1.165) is 36.3 Å². The van der Waals surface area contributed by atoms with Crippen molar-refractivity contribution in [1.29, 1.82) is 0 Å². The first-order valence-electron chi connectivity index (χ1n) is 10.4. The van der Waals surface area contributed by atoms with E-state index in [0.29, 0.717) is 30.4 Å². The van der Waals surface area contributed by atoms with E-state index in [9.17, 15) is 9.18 Å². The average molecular weight is 449 g/mol. The number of benzene rings is 2. The lowest BCUT2D eigenvalue weighted by molar-refractivity contribution is -0.111. The van der Waals surface area contributed by atoms with E-state index in [1.807, 2.05) is 18.2 Å². The molecule has 0 spiro atoms. The monoisotopic (exact) mass is 449 g/mol. The van der Waals surface area contributed by atoms with Crippen molar-refractivity contribution in [2.75, 3.05) is 48.9 Å². The Labute approximate surface area is 191 Å². The summed E-state index contributed by atoms with van der Waals surface area (Å²) in [5.41, 5.74) is 3.01. The van der Waals surface area contributed by atoms with Crippen LogP contribution in [0.25, 0.3) is 11.3 Å². The molecule has 9 heteroatoms. The molecule has 0 saturated carbocycles. The zero-order valence-corrected chi connectivity index (χ0v) is 18.2. The van der Waals surface area contributed by atoms with Gasteiger partial charge >= 0.3 is 0 Å². The molecule has 2 N–H and O–H groups in total. The Morgan fingerprint density at radius 3 is 2.79 bits per heavy atom. The van der Waals surface area contributed by atoms with Crippen LogP contribution in [-0.4, -0.2) is 49.3 Å². The van der Waals surface area contributed by atoms with Crippen LogP contribution in [0.3, 0.4) is 0 Å². The fourth-order valence-electron chi connectivity index (χ4n) is 3.49. The first-order valence-corrected chi connectivity index (χ1v) is 10.4. The van der Waals surface area contributed by atoms with Gasteiger partial charge in [0.25, 0.3) is 0 Å². The molecule has 8 nitrogen and oxygen atoms in total. The Kier molecular flexibility index (Phi) is 6.80. The number of rotatable bonds is 7. The summed E-state index contributed by atoms with van der Waals surface area (Å²) in [5, 5.41) is 5.68. The summed E-state index contributed by atoms with van der Waals surface area (Å²) in [5.74, 6) is 0.117. The number of amides is 1. The minimum Gasteiger partial charge on any atom is -0.495 e. The number of morpholine rings is 1. The number of hydrogen-bond acceptors (Lipinski definition) is 7. The normalized spacial score (nSPS) is 13.3. The molecule has 0 unspecified atom stereocenters. The summed E-state index contributed by atoms with van der Waals surface area (Å²) >= 11 is 0. The molecule has 1 saturated heterocycles. The van der Waals surface area contributed by atoms with Crippen molar-refractivity contribution >= 4 is 28.9 Å². The van der Waals surface area contributed by atoms with Gasteiger partial charge in [-0.3, -0.25) is 4.79 Å². The van der Waals surface area contributed by atoms with E-state index in [-0.39, 0.29) is 5.69 Å². The number of anilines is 4. The Hall–Kier alpha value is -3.98. The minimum atomic E-state index is -0.546. The van der Waals surface area contributed by atoms with E-state index in [1.54, 1.807) is 25.4 Å². The van der Waals surface area contributed by atoms with Gasteiger partial charge in [-0.05, 0) is 48.5 Å². The molecule has 0 radical (unpaired) electrons. The SMILES string of the molecule is C=CC(=O)Nc1cc(-c2ccnc(Nc3ccc(OC)c(N4CCOCC4)c3)n2)ccc1F. The minimum absolute atomic E-state index is 0.0517. The number of methoxy groups -OCH3 is 1. The highest BCUT2D eigenvalue weighted by atomic mass is 19.1. The van der Waals surface area contributed by atoms with Crippen molar-refractivity contribution in [3.05, 3.63) is 67.1 Å². The maximum atomic E-state index is 14.1. The highest BCUT2D eigenvalue weighted by molar-refractivity contribution is 5.99. The maximum Gasteiger partial charge on any atom is 0.247 e. The van der Waals surface area contributed by atoms with Crippen LogP contribution in [0.15, 0.2) is 61.3 Å². The molecule has 1 aliphatic rings. The smallest absolute Gasteiger partial charge is 0.247 e. The summed E-state index contributed by atoms with van der Waals surface area (Å²) in [4.78, 5) is 22.6. The molecule has 1 aromatic heterocycles. The average Bonchev–Trinajstić information content (AvgIpc) is 2.86. The maximum absolute atomic E-state index is 14.1. The number of carbonyl (C=O) groups excluding carboxylic acids is 1. The first-order chi connectivity index (χ1) is 16.1. The van der Waals surface area contributed by atoms with Crippen LogP contribution in [0.5, 0.6) is 5.75 Å². The number of carbonyl (C=O) groups is 1. The van der Waals surface area contributed by atoms with Crippen molar-refractivity contribution in [1.82, 2.24) is 9.97 Å². The number of nitrogens with zero attached hydrogens (tertiary/aromatic N) is 3. The van der Waals surface area contributed by atoms with E-state index < -0.39 is 11.7 Å². The van der Waals surface area contributed by atoms with Gasteiger partial charge in [-0.15, -0.1) is 0 Å². The number of hydrogen-bond donors (Lipinski definition) is 2. The highest BCUT2D eigenvalue weighted by Crippen LogP contribution is 2.33. The highest BCUT2D eigenvalue weighted by Gasteiger charge is 2.16. The summed E-state index contributed by atoms with van der Waals surface area (Å²) in [7, 11) is 1.65. The number of halogens is 1. The summed E-state index contributed by atoms with van der Waals surface area (Å²) in [6.45, 7) is 6.27. The van der Waals surface area contributed by atoms with Crippen molar-refractivity contribution in [2.45, 2.75) is 0 Å². The third kappa shape index (κ3) is 5.27. The van der Waals surface area contributed by atoms with Crippen LogP contribution < -0.4 is 20.3 Å². The molecular formula is C24H24FN5O3. The third-order valence-electron chi connectivity index (χ3n) is 5.15. The Bertz CT molecular complexity index is 1160. The third-order valence-corrected chi connectivity index (χ3v) is 5.15. The van der Waals surface area contributed by atoms with Crippen LogP contribution in [0.2, 0.25) is 0 Å². The number of nitrogens with one attached hydrogen (secondary N) is 2. The van der Waals surface area contributed by atoms with Crippen LogP contribution >= 0.6 is 0 Å². The van der Waals surface area contributed by atoms with E-state index in [2.05, 4.69) is 32.1 Å². The van der Waals surface area contributed by atoms with Gasteiger partial charge in [0.05, 0.1) is 37.4 Å². The Balaban J connectivity index is 1.58. The van der Waals surface area contributed by atoms with Crippen LogP contribution in [-0.2, 0) is 9.53 Å². The van der Waals surface area contributed by atoms with Crippen LogP contribution in [0.1, 0.15) is 0 Å². The lowest BCUT2D eigenvalue weighted by Gasteiger charge is -2.30. The molecule has 0 atom stereocenters. The van der Waals surface area contributed by atoms with E-state index in [4.69, 9.17) is 9.47 Å². The molecule has 4 rings (SSSR count). The zero-order chi connectivity index (χ0) is 23.2. The molecular weight excluding hydrogens is 425 g/mol. The van der Waals surface area contributed by atoms with E-state index in [1.165, 1.54) is 12.1 Å². The predicted molar refractivity (Wildman–Crippen MR) is 126 cm³/mol. The second-order valence-electron chi connectivity index (χ2n) is 7.26. The fourth-order valence-corrected chi connectivity index (χ4v) is 3.49. The number of aromatic nitrogens is 2. The summed E-state index contributed by atoms with van der Waals surface area (Å²) in [6.07, 6.45) is 2.70. The molecule has 3 aromatic rings. The molecule has 33 heavy (non-hydrogen) atoms. The van der Waals surface area contributed by atoms with Gasteiger partial charge in [0.1, 0.15) is 11.6 Å². The lowest BCUT2D eigenvalue weighted by Crippen LogP contribution is -2.36. The van der Waals surface area contributed by atoms with Gasteiger partial charge in [-0.25, -0.2) is 14.4 Å².